The summed E-state index contributed by atoms with van der Waals surface area (Å²) in [6, 6.07) is 12.9. The van der Waals surface area contributed by atoms with Gasteiger partial charge in [0.05, 0.1) is 7.11 Å². The first-order chi connectivity index (χ1) is 26.0. The smallest absolute Gasteiger partial charge is 0.289 e. The third-order valence-corrected chi connectivity index (χ3v) is 8.91. The van der Waals surface area contributed by atoms with Gasteiger partial charge < -0.3 is 37.9 Å². The van der Waals surface area contributed by atoms with Crippen LogP contribution in [0.2, 0.25) is 0 Å². The Hall–Kier alpha value is -6.26. The van der Waals surface area contributed by atoms with Gasteiger partial charge in [-0.1, -0.05) is 74.6 Å². The van der Waals surface area contributed by atoms with E-state index in [0.29, 0.717) is 18.6 Å². The Balaban J connectivity index is 1.45. The lowest BCUT2D eigenvalue weighted by Crippen LogP contribution is -2.57. The predicted octanol–water partition coefficient (Wildman–Crippen LogP) is 1.29. The van der Waals surface area contributed by atoms with Gasteiger partial charge in [0, 0.05) is 19.0 Å². The molecule has 1 aromatic heterocycles. The second kappa shape index (κ2) is 20.7. The summed E-state index contributed by atoms with van der Waals surface area (Å²) < 4.78 is 5.14. The number of anilines is 1. The average Bonchev–Trinajstić information content (AvgIpc) is 3.64. The van der Waals surface area contributed by atoms with Crippen LogP contribution in [0.15, 0.2) is 65.7 Å². The molecule has 0 aliphatic heterocycles. The van der Waals surface area contributed by atoms with Crippen LogP contribution in [0.3, 0.4) is 0 Å². The SMILES string of the molecule is COc1ccc(/C=C/C(=O)Nc2n[nH]c(C(=O)N[C@@H](CC3CCCCC3)C(=O)N[C@@H](CCCN=C(N)N)C(=O)N[C@@H](Cc3ccccc3)C(N)=O)n2)cc1. The van der Waals surface area contributed by atoms with Crippen molar-refractivity contribution in [3.8, 4) is 5.75 Å². The fourth-order valence-corrected chi connectivity index (χ4v) is 6.06. The van der Waals surface area contributed by atoms with Crippen molar-refractivity contribution in [3.05, 3.63) is 77.6 Å². The number of carbonyl (C=O) groups is 5. The molecule has 0 saturated heterocycles. The molecule has 17 heteroatoms. The predicted molar refractivity (Wildman–Crippen MR) is 203 cm³/mol. The van der Waals surface area contributed by atoms with Crippen molar-refractivity contribution < 1.29 is 28.7 Å². The number of carbonyl (C=O) groups excluding carboxylic acids is 5. The Labute approximate surface area is 313 Å². The van der Waals surface area contributed by atoms with E-state index in [2.05, 4.69) is 41.4 Å². The van der Waals surface area contributed by atoms with Crippen molar-refractivity contribution >= 4 is 47.5 Å². The molecular formula is C37H49N11O6. The summed E-state index contributed by atoms with van der Waals surface area (Å²) in [5.74, 6) is -2.91. The number of H-pyrrole nitrogens is 1. The number of nitrogens with one attached hydrogen (secondary N) is 5. The van der Waals surface area contributed by atoms with Crippen molar-refractivity contribution in [1.29, 1.82) is 0 Å². The standard InChI is InChI=1S/C37H49N11O6/c1-54-26-17-14-23(15-18-26)16-19-30(49)45-37-46-32(47-48-37)35(53)44-29(22-25-11-6-3-7-12-25)34(52)42-27(13-8-20-41-36(39)40)33(51)43-28(31(38)50)21-24-9-4-2-5-10-24/h2,4-5,9-10,14-19,25,27-29H,3,6-8,11-13,20-22H2,1H3,(H2,38,50)(H,42,52)(H,43,51)(H,44,53)(H4,39,40,41)(H2,45,46,47,48,49)/b19-16+/t27-,28-,29-/m0/s1. The highest BCUT2D eigenvalue weighted by atomic mass is 16.5. The van der Waals surface area contributed by atoms with Crippen LogP contribution in [0, 0.1) is 5.92 Å². The van der Waals surface area contributed by atoms with Crippen LogP contribution >= 0.6 is 0 Å². The maximum atomic E-state index is 13.9. The number of nitrogens with two attached hydrogens (primary N) is 3. The molecule has 11 N–H and O–H groups in total. The Morgan fingerprint density at radius 1 is 0.907 bits per heavy atom. The molecule has 1 aliphatic rings. The van der Waals surface area contributed by atoms with Gasteiger partial charge in [0.1, 0.15) is 23.9 Å². The van der Waals surface area contributed by atoms with Gasteiger partial charge in [0.25, 0.3) is 11.8 Å². The summed E-state index contributed by atoms with van der Waals surface area (Å²) in [5.41, 5.74) is 18.1. The minimum Gasteiger partial charge on any atom is -0.497 e. The molecular weight excluding hydrogens is 694 g/mol. The summed E-state index contributed by atoms with van der Waals surface area (Å²) >= 11 is 0. The molecule has 1 heterocycles. The van der Waals surface area contributed by atoms with Crippen LogP contribution in [-0.2, 0) is 25.6 Å². The number of rotatable bonds is 19. The van der Waals surface area contributed by atoms with E-state index in [1.807, 2.05) is 18.2 Å². The molecule has 1 aliphatic carbocycles. The first kappa shape index (κ1) is 40.5. The number of guanidine groups is 1. The van der Waals surface area contributed by atoms with Gasteiger partial charge in [0.15, 0.2) is 5.96 Å². The number of hydrogen-bond donors (Lipinski definition) is 8. The molecule has 54 heavy (non-hydrogen) atoms. The minimum absolute atomic E-state index is 0.118. The maximum absolute atomic E-state index is 13.9. The number of primary amides is 1. The number of benzene rings is 2. The molecule has 3 atom stereocenters. The first-order valence-electron chi connectivity index (χ1n) is 17.9. The van der Waals surface area contributed by atoms with E-state index in [0.717, 1.165) is 43.2 Å². The lowest BCUT2D eigenvalue weighted by atomic mass is 9.84. The van der Waals surface area contributed by atoms with E-state index in [1.54, 1.807) is 49.6 Å². The Morgan fingerprint density at radius 3 is 2.26 bits per heavy atom. The fourth-order valence-electron chi connectivity index (χ4n) is 6.06. The Morgan fingerprint density at radius 2 is 1.59 bits per heavy atom. The van der Waals surface area contributed by atoms with Crippen molar-refractivity contribution in [1.82, 2.24) is 31.1 Å². The molecule has 1 fully saturated rings. The molecule has 3 aromatic rings. The van der Waals surface area contributed by atoms with Gasteiger partial charge in [-0.05, 0) is 54.5 Å². The van der Waals surface area contributed by atoms with Crippen molar-refractivity contribution in [2.24, 2.45) is 28.1 Å². The van der Waals surface area contributed by atoms with E-state index in [9.17, 15) is 24.0 Å². The monoisotopic (exact) mass is 743 g/mol. The van der Waals surface area contributed by atoms with Crippen LogP contribution in [-0.4, -0.2) is 82.5 Å². The van der Waals surface area contributed by atoms with Crippen molar-refractivity contribution in [2.75, 3.05) is 19.0 Å². The van der Waals surface area contributed by atoms with Gasteiger partial charge in [-0.15, -0.1) is 5.10 Å². The van der Waals surface area contributed by atoms with Crippen molar-refractivity contribution in [3.63, 3.8) is 0 Å². The lowest BCUT2D eigenvalue weighted by molar-refractivity contribution is -0.132. The van der Waals surface area contributed by atoms with Crippen LogP contribution in [0.5, 0.6) is 5.75 Å². The Kier molecular flexibility index (Phi) is 15.5. The highest BCUT2D eigenvalue weighted by Gasteiger charge is 2.32. The molecule has 1 saturated carbocycles. The second-order valence-electron chi connectivity index (χ2n) is 13.0. The third kappa shape index (κ3) is 13.4. The van der Waals surface area contributed by atoms with Crippen LogP contribution in [0.4, 0.5) is 5.95 Å². The van der Waals surface area contributed by atoms with Crippen LogP contribution in [0.25, 0.3) is 6.08 Å². The quantitative estimate of drug-likeness (QED) is 0.0377. The van der Waals surface area contributed by atoms with Crippen LogP contribution < -0.4 is 43.2 Å². The molecule has 0 unspecified atom stereocenters. The summed E-state index contributed by atoms with van der Waals surface area (Å²) in [6.45, 7) is 0.190. The number of nitrogens with zero attached hydrogens (tertiary/aromatic N) is 3. The number of ether oxygens (including phenoxy) is 1. The zero-order valence-corrected chi connectivity index (χ0v) is 30.3. The van der Waals surface area contributed by atoms with Gasteiger partial charge in [-0.3, -0.25) is 39.4 Å². The third-order valence-electron chi connectivity index (χ3n) is 8.91. The van der Waals surface area contributed by atoms with Gasteiger partial charge >= 0.3 is 0 Å². The summed E-state index contributed by atoms with van der Waals surface area (Å²) in [4.78, 5) is 73.9. The van der Waals surface area contributed by atoms with Gasteiger partial charge in [-0.2, -0.15) is 4.98 Å². The van der Waals surface area contributed by atoms with Gasteiger partial charge in [-0.25, -0.2) is 0 Å². The van der Waals surface area contributed by atoms with Crippen LogP contribution in [0.1, 0.15) is 73.1 Å². The van der Waals surface area contributed by atoms with E-state index >= 15 is 0 Å². The topological polar surface area (TPSA) is 275 Å². The second-order valence-corrected chi connectivity index (χ2v) is 13.0. The fraction of sp³-hybridized carbons (Fsp3) is 0.405. The molecule has 4 rings (SSSR count). The molecule has 2 aromatic carbocycles. The molecule has 0 radical (unpaired) electrons. The normalized spacial score (nSPS) is 14.6. The number of aliphatic imine (C=N–C) groups is 1. The van der Waals surface area contributed by atoms with Gasteiger partial charge in [0.2, 0.25) is 29.5 Å². The first-order valence-corrected chi connectivity index (χ1v) is 17.9. The zero-order chi connectivity index (χ0) is 38.9. The Bertz CT molecular complexity index is 1770. The maximum Gasteiger partial charge on any atom is 0.289 e. The number of aromatic amines is 1. The molecule has 5 amide bonds. The zero-order valence-electron chi connectivity index (χ0n) is 30.3. The number of hydrogen-bond acceptors (Lipinski definition) is 9. The van der Waals surface area contributed by atoms with E-state index in [1.165, 1.54) is 6.08 Å². The molecule has 0 spiro atoms. The van der Waals surface area contributed by atoms with E-state index in [4.69, 9.17) is 21.9 Å². The van der Waals surface area contributed by atoms with Crippen molar-refractivity contribution in [2.45, 2.75) is 75.9 Å². The largest absolute Gasteiger partial charge is 0.497 e. The minimum atomic E-state index is -1.12. The summed E-state index contributed by atoms with van der Waals surface area (Å²) in [6.07, 6.45) is 8.62. The summed E-state index contributed by atoms with van der Waals surface area (Å²) in [7, 11) is 1.56. The summed E-state index contributed by atoms with van der Waals surface area (Å²) in [5, 5.41) is 17.1. The molecule has 0 bridgehead atoms. The highest BCUT2D eigenvalue weighted by Crippen LogP contribution is 2.27. The molecule has 17 nitrogen and oxygen atoms in total. The highest BCUT2D eigenvalue weighted by molar-refractivity contribution is 6.01. The number of methoxy groups -OCH3 is 1. The lowest BCUT2D eigenvalue weighted by Gasteiger charge is -2.28. The number of aromatic nitrogens is 3. The van der Waals surface area contributed by atoms with E-state index in [-0.39, 0.29) is 43.0 Å². The average molecular weight is 744 g/mol. The molecule has 288 valence electrons. The van der Waals surface area contributed by atoms with E-state index < -0.39 is 47.7 Å². The number of amides is 5.